The highest BCUT2D eigenvalue weighted by atomic mass is 16.2. The second-order valence-corrected chi connectivity index (χ2v) is 5.18. The molecule has 2 amide bonds. The lowest BCUT2D eigenvalue weighted by Gasteiger charge is -2.30. The first kappa shape index (κ1) is 12.7. The number of hydrogen-bond acceptors (Lipinski definition) is 1. The fourth-order valence-corrected chi connectivity index (χ4v) is 2.60. The van der Waals surface area contributed by atoms with Gasteiger partial charge >= 0.3 is 6.03 Å². The number of nitrogens with zero attached hydrogens (tertiary/aromatic N) is 1. The van der Waals surface area contributed by atoms with E-state index < -0.39 is 0 Å². The number of hydrogen-bond donors (Lipinski definition) is 1. The number of rotatable bonds is 3. The predicted molar refractivity (Wildman–Crippen MR) is 80.9 cm³/mol. The molecule has 1 N–H and O–H groups in total. The normalized spacial score (nSPS) is 13.8. The van der Waals surface area contributed by atoms with Crippen molar-refractivity contribution in [3.8, 4) is 0 Å². The van der Waals surface area contributed by atoms with Crippen molar-refractivity contribution in [2.45, 2.75) is 19.9 Å². The van der Waals surface area contributed by atoms with Gasteiger partial charge in [-0.25, -0.2) is 4.79 Å². The van der Waals surface area contributed by atoms with Gasteiger partial charge in [-0.05, 0) is 30.5 Å². The summed E-state index contributed by atoms with van der Waals surface area (Å²) < 4.78 is 0. The van der Waals surface area contributed by atoms with Crippen molar-refractivity contribution in [2.75, 3.05) is 11.4 Å². The van der Waals surface area contributed by atoms with E-state index in [1.807, 2.05) is 23.1 Å². The number of aryl methyl sites for hydroxylation is 1. The molecule has 3 nitrogen and oxygen atoms in total. The molecule has 3 heteroatoms. The zero-order valence-electron chi connectivity index (χ0n) is 11.6. The average Bonchev–Trinajstić information content (AvgIpc) is 2.47. The Balaban J connectivity index is 1.81. The summed E-state index contributed by atoms with van der Waals surface area (Å²) in [5.74, 6) is 0. The van der Waals surface area contributed by atoms with Crippen molar-refractivity contribution < 1.29 is 4.79 Å². The summed E-state index contributed by atoms with van der Waals surface area (Å²) in [5.41, 5.74) is 4.70. The minimum Gasteiger partial charge on any atom is -0.334 e. The van der Waals surface area contributed by atoms with Gasteiger partial charge in [0.15, 0.2) is 0 Å². The highest BCUT2D eigenvalue weighted by Gasteiger charge is 2.23. The fraction of sp³-hybridized carbons (Fsp3) is 0.235. The van der Waals surface area contributed by atoms with Crippen molar-refractivity contribution in [1.29, 1.82) is 0 Å². The molecule has 0 radical (unpaired) electrons. The summed E-state index contributed by atoms with van der Waals surface area (Å²) >= 11 is 0. The first-order valence-electron chi connectivity index (χ1n) is 6.93. The molecule has 0 aliphatic carbocycles. The predicted octanol–water partition coefficient (Wildman–Crippen LogP) is 3.27. The van der Waals surface area contributed by atoms with Gasteiger partial charge in [-0.1, -0.05) is 48.0 Å². The van der Waals surface area contributed by atoms with E-state index in [1.54, 1.807) is 0 Å². The molecule has 102 valence electrons. The first-order valence-corrected chi connectivity index (χ1v) is 6.93. The maximum Gasteiger partial charge on any atom is 0.322 e. The minimum absolute atomic E-state index is 0.00251. The second-order valence-electron chi connectivity index (χ2n) is 5.18. The summed E-state index contributed by atoms with van der Waals surface area (Å²) in [4.78, 5) is 13.9. The second kappa shape index (κ2) is 5.37. The molecule has 3 rings (SSSR count). The Labute approximate surface area is 119 Å². The highest BCUT2D eigenvalue weighted by Crippen LogP contribution is 2.25. The molecule has 1 aliphatic heterocycles. The number of urea groups is 1. The molecule has 0 saturated carbocycles. The SMILES string of the molecule is Cc1ccc2c(c1)CNC(=O)N2CCc1ccccc1. The van der Waals surface area contributed by atoms with E-state index in [-0.39, 0.29) is 6.03 Å². The third-order valence-electron chi connectivity index (χ3n) is 3.67. The zero-order chi connectivity index (χ0) is 13.9. The summed E-state index contributed by atoms with van der Waals surface area (Å²) in [6, 6.07) is 16.5. The van der Waals surface area contributed by atoms with E-state index in [1.165, 1.54) is 16.7 Å². The van der Waals surface area contributed by atoms with Crippen molar-refractivity contribution in [2.24, 2.45) is 0 Å². The lowest BCUT2D eigenvalue weighted by molar-refractivity contribution is 0.244. The van der Waals surface area contributed by atoms with Gasteiger partial charge in [-0.15, -0.1) is 0 Å². The topological polar surface area (TPSA) is 32.3 Å². The van der Waals surface area contributed by atoms with Gasteiger partial charge in [0.2, 0.25) is 0 Å². The van der Waals surface area contributed by atoms with E-state index >= 15 is 0 Å². The Kier molecular flexibility index (Phi) is 3.42. The average molecular weight is 266 g/mol. The molecule has 2 aromatic carbocycles. The molecular formula is C17H18N2O. The number of carbonyl (C=O) groups excluding carboxylic acids is 1. The van der Waals surface area contributed by atoms with Crippen molar-refractivity contribution in [3.63, 3.8) is 0 Å². The van der Waals surface area contributed by atoms with Gasteiger partial charge in [0.05, 0.1) is 5.69 Å². The number of nitrogens with one attached hydrogen (secondary N) is 1. The maximum absolute atomic E-state index is 12.1. The van der Waals surface area contributed by atoms with Crippen LogP contribution in [0, 0.1) is 6.92 Å². The van der Waals surface area contributed by atoms with Crippen molar-refractivity contribution in [3.05, 3.63) is 65.2 Å². The van der Waals surface area contributed by atoms with Crippen LogP contribution in [0.3, 0.4) is 0 Å². The third kappa shape index (κ3) is 2.52. The summed E-state index contributed by atoms with van der Waals surface area (Å²) in [7, 11) is 0. The smallest absolute Gasteiger partial charge is 0.322 e. The zero-order valence-corrected chi connectivity index (χ0v) is 11.6. The molecule has 1 aliphatic rings. The number of amides is 2. The molecule has 0 unspecified atom stereocenters. The highest BCUT2D eigenvalue weighted by molar-refractivity contribution is 5.94. The van der Waals surface area contributed by atoms with Crippen LogP contribution in [-0.2, 0) is 13.0 Å². The fourth-order valence-electron chi connectivity index (χ4n) is 2.60. The van der Waals surface area contributed by atoms with Gasteiger partial charge in [-0.3, -0.25) is 4.90 Å². The van der Waals surface area contributed by atoms with E-state index in [9.17, 15) is 4.79 Å². The molecule has 0 aromatic heterocycles. The monoisotopic (exact) mass is 266 g/mol. The Morgan fingerprint density at radius 2 is 1.95 bits per heavy atom. The molecule has 20 heavy (non-hydrogen) atoms. The lowest BCUT2D eigenvalue weighted by Crippen LogP contribution is -2.45. The Hall–Kier alpha value is -2.29. The maximum atomic E-state index is 12.1. The van der Waals surface area contributed by atoms with Crippen LogP contribution in [-0.4, -0.2) is 12.6 Å². The Morgan fingerprint density at radius 1 is 1.15 bits per heavy atom. The van der Waals surface area contributed by atoms with Gasteiger partial charge in [0.25, 0.3) is 0 Å². The summed E-state index contributed by atoms with van der Waals surface area (Å²) in [6.07, 6.45) is 0.863. The van der Waals surface area contributed by atoms with E-state index in [4.69, 9.17) is 0 Å². The molecule has 0 spiro atoms. The molecule has 0 atom stereocenters. The van der Waals surface area contributed by atoms with Crippen LogP contribution >= 0.6 is 0 Å². The number of anilines is 1. The van der Waals surface area contributed by atoms with Crippen molar-refractivity contribution in [1.82, 2.24) is 5.32 Å². The van der Waals surface area contributed by atoms with Crippen molar-refractivity contribution >= 4 is 11.7 Å². The Morgan fingerprint density at radius 3 is 2.75 bits per heavy atom. The van der Waals surface area contributed by atoms with Crippen LogP contribution in [0.4, 0.5) is 10.5 Å². The Bertz CT molecular complexity index is 622. The number of fused-ring (bicyclic) bond motifs is 1. The third-order valence-corrected chi connectivity index (χ3v) is 3.67. The molecule has 0 bridgehead atoms. The molecule has 0 saturated heterocycles. The van der Waals surface area contributed by atoms with Gasteiger partial charge in [-0.2, -0.15) is 0 Å². The number of benzene rings is 2. The molecule has 0 fully saturated rings. The largest absolute Gasteiger partial charge is 0.334 e. The van der Waals surface area contributed by atoms with Crippen LogP contribution in [0.15, 0.2) is 48.5 Å². The van der Waals surface area contributed by atoms with Gasteiger partial charge in [0.1, 0.15) is 0 Å². The van der Waals surface area contributed by atoms with Crippen LogP contribution < -0.4 is 10.2 Å². The van der Waals surface area contributed by atoms with Crippen LogP contribution in [0.5, 0.6) is 0 Å². The summed E-state index contributed by atoms with van der Waals surface area (Å²) in [6.45, 7) is 3.40. The standard InChI is InChI=1S/C17H18N2O/c1-13-7-8-16-15(11-13)12-18-17(20)19(16)10-9-14-5-3-2-4-6-14/h2-8,11H,9-10,12H2,1H3,(H,18,20). The molecular weight excluding hydrogens is 248 g/mol. The van der Waals surface area contributed by atoms with Gasteiger partial charge < -0.3 is 5.32 Å². The molecule has 1 heterocycles. The first-order chi connectivity index (χ1) is 9.74. The number of carbonyl (C=O) groups is 1. The minimum atomic E-state index is -0.00251. The van der Waals surface area contributed by atoms with E-state index in [0.29, 0.717) is 13.1 Å². The lowest BCUT2D eigenvalue weighted by atomic mass is 10.1. The molecule has 2 aromatic rings. The quantitative estimate of drug-likeness (QED) is 0.908. The van der Waals surface area contributed by atoms with Crippen LogP contribution in [0.2, 0.25) is 0 Å². The summed E-state index contributed by atoms with van der Waals surface area (Å²) in [5, 5.41) is 2.94. The van der Waals surface area contributed by atoms with Crippen LogP contribution in [0.1, 0.15) is 16.7 Å². The van der Waals surface area contributed by atoms with Crippen LogP contribution in [0.25, 0.3) is 0 Å². The van der Waals surface area contributed by atoms with Gasteiger partial charge in [0, 0.05) is 13.1 Å². The van der Waals surface area contributed by atoms with E-state index in [2.05, 4.69) is 42.6 Å². The van der Waals surface area contributed by atoms with E-state index in [0.717, 1.165) is 12.1 Å².